The summed E-state index contributed by atoms with van der Waals surface area (Å²) in [5.74, 6) is 4.34. The molecule has 0 aromatic heterocycles. The molecule has 0 spiro atoms. The topological polar surface area (TPSA) is 18.5 Å². The number of hydrogen-bond acceptors (Lipinski definition) is 2. The van der Waals surface area contributed by atoms with Crippen LogP contribution in [0.15, 0.2) is 24.3 Å². The number of ether oxygens (including phenoxy) is 2. The van der Waals surface area contributed by atoms with E-state index >= 15 is 0 Å². The molecule has 1 saturated carbocycles. The van der Waals surface area contributed by atoms with Crippen LogP contribution in [0.1, 0.15) is 51.5 Å². The molecule has 120 valence electrons. The van der Waals surface area contributed by atoms with E-state index in [0.29, 0.717) is 18.6 Å². The number of methoxy groups -OCH3 is 1. The molecule has 1 aliphatic rings. The Hall–Kier alpha value is -1.46. The molecule has 0 radical (unpaired) electrons. The van der Waals surface area contributed by atoms with Gasteiger partial charge in [0.25, 0.3) is 0 Å². The van der Waals surface area contributed by atoms with Gasteiger partial charge in [0, 0.05) is 6.42 Å². The Morgan fingerprint density at radius 3 is 2.64 bits per heavy atom. The van der Waals surface area contributed by atoms with Crippen LogP contribution in [0.25, 0.3) is 0 Å². The first-order valence-electron chi connectivity index (χ1n) is 8.28. The number of hydrogen-bond donors (Lipinski definition) is 0. The van der Waals surface area contributed by atoms with E-state index in [2.05, 4.69) is 31.9 Å². The summed E-state index contributed by atoms with van der Waals surface area (Å²) >= 11 is 0. The Morgan fingerprint density at radius 1 is 1.27 bits per heavy atom. The third-order valence-corrected chi connectivity index (χ3v) is 5.38. The van der Waals surface area contributed by atoms with Crippen LogP contribution in [0.4, 0.5) is 0 Å². The van der Waals surface area contributed by atoms with Crippen molar-refractivity contribution in [1.29, 1.82) is 0 Å². The minimum atomic E-state index is 0.192. The molecule has 0 aliphatic heterocycles. The zero-order valence-corrected chi connectivity index (χ0v) is 14.1. The molecule has 1 fully saturated rings. The van der Waals surface area contributed by atoms with E-state index in [0.717, 1.165) is 25.0 Å². The van der Waals surface area contributed by atoms with Gasteiger partial charge >= 0.3 is 0 Å². The number of benzene rings is 1. The lowest BCUT2D eigenvalue weighted by Crippen LogP contribution is -2.43. The first kappa shape index (κ1) is 16.9. The smallest absolute Gasteiger partial charge is 0.118 e. The molecular weight excluding hydrogens is 272 g/mol. The van der Waals surface area contributed by atoms with E-state index in [1.54, 1.807) is 7.11 Å². The Bertz CT molecular complexity index is 499. The van der Waals surface area contributed by atoms with Gasteiger partial charge in [-0.2, -0.15) is 0 Å². The molecule has 0 amide bonds. The molecule has 0 bridgehead atoms. The van der Waals surface area contributed by atoms with Crippen molar-refractivity contribution >= 4 is 0 Å². The van der Waals surface area contributed by atoms with E-state index in [1.807, 2.05) is 12.1 Å². The zero-order chi connectivity index (χ0) is 16.0. The van der Waals surface area contributed by atoms with Crippen LogP contribution >= 0.6 is 0 Å². The highest BCUT2D eigenvalue weighted by Crippen LogP contribution is 2.46. The second-order valence-corrected chi connectivity index (χ2v) is 6.69. The van der Waals surface area contributed by atoms with E-state index in [9.17, 15) is 0 Å². The van der Waals surface area contributed by atoms with E-state index in [1.165, 1.54) is 18.4 Å². The second kappa shape index (κ2) is 7.70. The highest BCUT2D eigenvalue weighted by Gasteiger charge is 2.41. The normalized spacial score (nSPS) is 28.1. The minimum absolute atomic E-state index is 0.192. The molecule has 22 heavy (non-hydrogen) atoms. The predicted octanol–water partition coefficient (Wildman–Crippen LogP) is 4.82. The maximum absolute atomic E-state index is 6.32. The summed E-state index contributed by atoms with van der Waals surface area (Å²) in [6.07, 6.45) is 11.3. The first-order chi connectivity index (χ1) is 10.6. The summed E-state index contributed by atoms with van der Waals surface area (Å²) in [6.45, 7) is 5.36. The summed E-state index contributed by atoms with van der Waals surface area (Å²) in [5, 5.41) is 0. The lowest BCUT2D eigenvalue weighted by atomic mass is 9.64. The Kier molecular flexibility index (Phi) is 5.91. The molecule has 0 saturated heterocycles. The summed E-state index contributed by atoms with van der Waals surface area (Å²) in [6, 6.07) is 8.12. The third-order valence-electron chi connectivity index (χ3n) is 5.38. The molecule has 2 nitrogen and oxygen atoms in total. The van der Waals surface area contributed by atoms with Crippen molar-refractivity contribution in [3.05, 3.63) is 29.8 Å². The van der Waals surface area contributed by atoms with Gasteiger partial charge in [0.15, 0.2) is 0 Å². The van der Waals surface area contributed by atoms with E-state index in [4.69, 9.17) is 15.9 Å². The zero-order valence-electron chi connectivity index (χ0n) is 14.1. The van der Waals surface area contributed by atoms with Crippen LogP contribution in [0.5, 0.6) is 5.75 Å². The monoisotopic (exact) mass is 300 g/mol. The van der Waals surface area contributed by atoms with Crippen LogP contribution in [0.2, 0.25) is 0 Å². The van der Waals surface area contributed by atoms with Gasteiger partial charge in [-0.05, 0) is 48.3 Å². The van der Waals surface area contributed by atoms with Gasteiger partial charge in [0.1, 0.15) is 5.75 Å². The van der Waals surface area contributed by atoms with Crippen LogP contribution < -0.4 is 4.74 Å². The Labute approximate surface area is 135 Å². The minimum Gasteiger partial charge on any atom is -0.497 e. The first-order valence-corrected chi connectivity index (χ1v) is 8.28. The molecule has 2 rings (SSSR count). The van der Waals surface area contributed by atoms with Crippen LogP contribution in [-0.4, -0.2) is 13.2 Å². The van der Waals surface area contributed by atoms with E-state index < -0.39 is 0 Å². The average molecular weight is 300 g/mol. The lowest BCUT2D eigenvalue weighted by Gasteiger charge is -2.46. The summed E-state index contributed by atoms with van der Waals surface area (Å²) in [5.41, 5.74) is 1.38. The fourth-order valence-corrected chi connectivity index (χ4v) is 3.53. The highest BCUT2D eigenvalue weighted by atomic mass is 16.5. The van der Waals surface area contributed by atoms with Crippen LogP contribution in [0, 0.1) is 23.7 Å². The Balaban J connectivity index is 2.00. The van der Waals surface area contributed by atoms with Crippen molar-refractivity contribution in [3.8, 4) is 18.1 Å². The van der Waals surface area contributed by atoms with Crippen LogP contribution in [0.3, 0.4) is 0 Å². The summed E-state index contributed by atoms with van der Waals surface area (Å²) in [7, 11) is 1.69. The van der Waals surface area contributed by atoms with Gasteiger partial charge in [-0.25, -0.2) is 0 Å². The molecule has 2 heteroatoms. The molecule has 3 atom stereocenters. The predicted molar refractivity (Wildman–Crippen MR) is 90.8 cm³/mol. The summed E-state index contributed by atoms with van der Waals surface area (Å²) in [4.78, 5) is 0. The quantitative estimate of drug-likeness (QED) is 0.701. The molecule has 0 heterocycles. The molecular formula is C20H28O2. The van der Waals surface area contributed by atoms with E-state index in [-0.39, 0.29) is 5.41 Å². The average Bonchev–Trinajstić information content (AvgIpc) is 2.55. The largest absolute Gasteiger partial charge is 0.497 e. The number of terminal acetylenes is 1. The third kappa shape index (κ3) is 3.84. The standard InChI is InChI=1S/C20H28O2/c1-5-6-14-20(3)16(2)8-7-9-19(20)22-15-17-10-12-18(21-4)13-11-17/h1,10-13,16,19H,6-9,14-15H2,2-4H3/t16-,19+,20+/m1/s1. The number of rotatable bonds is 6. The van der Waals surface area contributed by atoms with Gasteiger partial charge in [-0.3, -0.25) is 0 Å². The fraction of sp³-hybridized carbons (Fsp3) is 0.600. The van der Waals surface area contributed by atoms with Crippen molar-refractivity contribution in [2.75, 3.05) is 7.11 Å². The SMILES string of the molecule is C#CCC[C@@]1(C)[C@H](C)CCC[C@@H]1OCc1ccc(OC)cc1. The molecule has 1 aromatic rings. The highest BCUT2D eigenvalue weighted by molar-refractivity contribution is 5.26. The molecule has 1 aromatic carbocycles. The van der Waals surface area contributed by atoms with Gasteiger partial charge in [-0.15, -0.1) is 12.3 Å². The lowest BCUT2D eigenvalue weighted by molar-refractivity contribution is -0.0953. The molecule has 0 N–H and O–H groups in total. The second-order valence-electron chi connectivity index (χ2n) is 6.69. The van der Waals surface area contributed by atoms with Crippen molar-refractivity contribution < 1.29 is 9.47 Å². The van der Waals surface area contributed by atoms with Gasteiger partial charge in [0.2, 0.25) is 0 Å². The van der Waals surface area contributed by atoms with Crippen molar-refractivity contribution in [2.24, 2.45) is 11.3 Å². The van der Waals surface area contributed by atoms with Gasteiger partial charge < -0.3 is 9.47 Å². The van der Waals surface area contributed by atoms with Crippen molar-refractivity contribution in [2.45, 2.75) is 58.7 Å². The molecule has 0 unspecified atom stereocenters. The maximum atomic E-state index is 6.32. The van der Waals surface area contributed by atoms with Crippen molar-refractivity contribution in [3.63, 3.8) is 0 Å². The molecule has 1 aliphatic carbocycles. The summed E-state index contributed by atoms with van der Waals surface area (Å²) < 4.78 is 11.5. The van der Waals surface area contributed by atoms with Crippen molar-refractivity contribution in [1.82, 2.24) is 0 Å². The fourth-order valence-electron chi connectivity index (χ4n) is 3.53. The van der Waals surface area contributed by atoms with Crippen LogP contribution in [-0.2, 0) is 11.3 Å². The van der Waals surface area contributed by atoms with Gasteiger partial charge in [-0.1, -0.05) is 32.4 Å². The Morgan fingerprint density at radius 2 is 2.00 bits per heavy atom. The van der Waals surface area contributed by atoms with Gasteiger partial charge in [0.05, 0.1) is 19.8 Å². The maximum Gasteiger partial charge on any atom is 0.118 e.